The monoisotopic (exact) mass is 453 g/mol. The Hall–Kier alpha value is -0.650. The maximum absolute atomic E-state index is 5.83. The lowest BCUT2D eigenvalue weighted by Gasteiger charge is -2.35. The molecule has 0 fully saturated rings. The Bertz CT molecular complexity index is 690. The largest absolute Gasteiger partial charge is 1.00 e. The van der Waals surface area contributed by atoms with Crippen LogP contribution in [0.15, 0.2) is 30.3 Å². The number of hydrogen-bond acceptors (Lipinski definition) is 1. The van der Waals surface area contributed by atoms with Crippen LogP contribution in [-0.4, -0.2) is 24.6 Å². The van der Waals surface area contributed by atoms with Crippen LogP contribution in [0.25, 0.3) is 10.8 Å². The van der Waals surface area contributed by atoms with Gasteiger partial charge in [0.15, 0.2) is 0 Å². The smallest absolute Gasteiger partial charge is 0.105 e. The van der Waals surface area contributed by atoms with E-state index in [0.717, 1.165) is 24.2 Å². The molecule has 0 N–H and O–H groups in total. The van der Waals surface area contributed by atoms with E-state index in [1.54, 1.807) is 0 Å². The average Bonchev–Trinajstić information content (AvgIpc) is 3.09. The summed E-state index contributed by atoms with van der Waals surface area (Å²) in [6.45, 7) is 9.85. The van der Waals surface area contributed by atoms with E-state index in [1.807, 2.05) is 0 Å². The van der Waals surface area contributed by atoms with Crippen molar-refractivity contribution in [2.24, 2.45) is 0 Å². The Morgan fingerprint density at radius 3 is 2.28 bits per heavy atom. The summed E-state index contributed by atoms with van der Waals surface area (Å²) in [7, 11) is 2.45. The van der Waals surface area contributed by atoms with Crippen molar-refractivity contribution in [3.05, 3.63) is 47.0 Å². The number of hydrogen-bond donors (Lipinski definition) is 0. The molecule has 25 heavy (non-hydrogen) atoms. The van der Waals surface area contributed by atoms with Gasteiger partial charge in [0, 0.05) is 5.56 Å². The number of halogens is 1. The lowest BCUT2D eigenvalue weighted by molar-refractivity contribution is -0.923. The first-order valence-corrected chi connectivity index (χ1v) is 9.60. The zero-order valence-corrected chi connectivity index (χ0v) is 18.1. The SMILES string of the molecule is CCCC[N+](C)(CCCC)Cc1cc2ccccc2c2c1COC2.[I-]. The van der Waals surface area contributed by atoms with Crippen molar-refractivity contribution in [3.8, 4) is 0 Å². The highest BCUT2D eigenvalue weighted by molar-refractivity contribution is 5.88. The van der Waals surface area contributed by atoms with Crippen LogP contribution in [0.3, 0.4) is 0 Å². The fraction of sp³-hybridized carbons (Fsp3) is 0.545. The third-order valence-electron chi connectivity index (χ3n) is 5.52. The first-order valence-electron chi connectivity index (χ1n) is 9.60. The molecule has 0 amide bonds. The number of nitrogens with zero attached hydrogens (tertiary/aromatic N) is 1. The summed E-state index contributed by atoms with van der Waals surface area (Å²) in [4.78, 5) is 0. The molecule has 1 aliphatic heterocycles. The first kappa shape index (κ1) is 20.7. The Morgan fingerprint density at radius 2 is 1.60 bits per heavy atom. The average molecular weight is 453 g/mol. The van der Waals surface area contributed by atoms with Gasteiger partial charge >= 0.3 is 0 Å². The van der Waals surface area contributed by atoms with Crippen molar-refractivity contribution in [3.63, 3.8) is 0 Å². The van der Waals surface area contributed by atoms with Crippen LogP contribution in [0.4, 0.5) is 0 Å². The molecule has 2 aromatic rings. The number of benzene rings is 2. The Kier molecular flexibility index (Phi) is 7.71. The van der Waals surface area contributed by atoms with Crippen molar-refractivity contribution in [1.29, 1.82) is 0 Å². The van der Waals surface area contributed by atoms with Gasteiger partial charge < -0.3 is 33.2 Å². The molecule has 1 heterocycles. The zero-order chi connectivity index (χ0) is 17.0. The minimum atomic E-state index is 0. The summed E-state index contributed by atoms with van der Waals surface area (Å²) >= 11 is 0. The summed E-state index contributed by atoms with van der Waals surface area (Å²) in [6.07, 6.45) is 5.18. The quantitative estimate of drug-likeness (QED) is 0.441. The van der Waals surface area contributed by atoms with Gasteiger partial charge in [0.25, 0.3) is 0 Å². The number of unbranched alkanes of at least 4 members (excludes halogenated alkanes) is 2. The number of rotatable bonds is 8. The summed E-state index contributed by atoms with van der Waals surface area (Å²) in [5, 5.41) is 2.75. The van der Waals surface area contributed by atoms with Gasteiger partial charge in [0.1, 0.15) is 6.54 Å². The second-order valence-electron chi connectivity index (χ2n) is 7.64. The van der Waals surface area contributed by atoms with Crippen molar-refractivity contribution in [2.45, 2.75) is 59.3 Å². The van der Waals surface area contributed by atoms with Gasteiger partial charge in [0.2, 0.25) is 0 Å². The van der Waals surface area contributed by atoms with Crippen LogP contribution in [-0.2, 0) is 24.5 Å². The normalized spacial score (nSPS) is 13.7. The summed E-state index contributed by atoms with van der Waals surface area (Å²) in [5.41, 5.74) is 4.41. The van der Waals surface area contributed by atoms with Crippen molar-refractivity contribution >= 4 is 10.8 Å². The highest BCUT2D eigenvalue weighted by Gasteiger charge is 2.26. The second kappa shape index (κ2) is 9.33. The molecule has 3 heteroatoms. The van der Waals surface area contributed by atoms with Crippen LogP contribution in [0.5, 0.6) is 0 Å². The summed E-state index contributed by atoms with van der Waals surface area (Å²) < 4.78 is 6.99. The van der Waals surface area contributed by atoms with Crippen LogP contribution in [0, 0.1) is 0 Å². The Balaban J connectivity index is 0.00000225. The van der Waals surface area contributed by atoms with E-state index >= 15 is 0 Å². The lowest BCUT2D eigenvalue weighted by Crippen LogP contribution is -3.00. The third kappa shape index (κ3) is 4.75. The van der Waals surface area contributed by atoms with Gasteiger partial charge in [-0.05, 0) is 40.8 Å². The molecule has 0 saturated carbocycles. The van der Waals surface area contributed by atoms with E-state index in [0.29, 0.717) is 0 Å². The predicted molar refractivity (Wildman–Crippen MR) is 102 cm³/mol. The van der Waals surface area contributed by atoms with Crippen molar-refractivity contribution < 1.29 is 33.2 Å². The molecule has 2 aromatic carbocycles. The Labute approximate surface area is 170 Å². The van der Waals surface area contributed by atoms with Gasteiger partial charge in [-0.1, -0.05) is 51.0 Å². The molecule has 0 bridgehead atoms. The number of ether oxygens (including phenoxy) is 1. The molecular formula is C22H32INO. The minimum Gasteiger partial charge on any atom is -1.00 e. The molecule has 0 saturated heterocycles. The standard InChI is InChI=1S/C22H32NO.HI/c1-4-6-12-23(3,13-7-5-2)15-19-14-18-10-8-9-11-20(18)22-17-24-16-21(19)22;/h8-11,14H,4-7,12-13,15-17H2,1-3H3;1H/q+1;/p-1. The Morgan fingerprint density at radius 1 is 0.960 bits per heavy atom. The zero-order valence-electron chi connectivity index (χ0n) is 16.0. The second-order valence-corrected chi connectivity index (χ2v) is 7.64. The minimum absolute atomic E-state index is 0. The maximum atomic E-state index is 5.83. The van der Waals surface area contributed by atoms with Crippen molar-refractivity contribution in [1.82, 2.24) is 0 Å². The highest BCUT2D eigenvalue weighted by atomic mass is 127. The van der Waals surface area contributed by atoms with Gasteiger partial charge in [0.05, 0.1) is 33.4 Å². The number of fused-ring (bicyclic) bond motifs is 3. The fourth-order valence-corrected chi connectivity index (χ4v) is 4.03. The highest BCUT2D eigenvalue weighted by Crippen LogP contribution is 2.33. The van der Waals surface area contributed by atoms with Crippen LogP contribution in [0.2, 0.25) is 0 Å². The van der Waals surface area contributed by atoms with Gasteiger partial charge in [-0.15, -0.1) is 0 Å². The molecule has 0 atom stereocenters. The van der Waals surface area contributed by atoms with E-state index < -0.39 is 0 Å². The molecule has 0 aromatic heterocycles. The molecule has 3 rings (SSSR count). The van der Waals surface area contributed by atoms with E-state index in [2.05, 4.69) is 51.2 Å². The van der Waals surface area contributed by atoms with Crippen LogP contribution in [0.1, 0.15) is 56.2 Å². The fourth-order valence-electron chi connectivity index (χ4n) is 4.03. The third-order valence-corrected chi connectivity index (χ3v) is 5.52. The molecular weight excluding hydrogens is 421 g/mol. The van der Waals surface area contributed by atoms with Gasteiger partial charge in [-0.3, -0.25) is 0 Å². The van der Waals surface area contributed by atoms with E-state index in [4.69, 9.17) is 4.74 Å². The maximum Gasteiger partial charge on any atom is 0.105 e. The van der Waals surface area contributed by atoms with Gasteiger partial charge in [-0.25, -0.2) is 0 Å². The molecule has 0 spiro atoms. The summed E-state index contributed by atoms with van der Waals surface area (Å²) in [5.74, 6) is 0. The summed E-state index contributed by atoms with van der Waals surface area (Å²) in [6, 6.07) is 11.2. The van der Waals surface area contributed by atoms with E-state index in [9.17, 15) is 0 Å². The van der Waals surface area contributed by atoms with Crippen molar-refractivity contribution in [2.75, 3.05) is 20.1 Å². The molecule has 0 unspecified atom stereocenters. The lowest BCUT2D eigenvalue weighted by atomic mass is 9.95. The van der Waals surface area contributed by atoms with Crippen LogP contribution < -0.4 is 24.0 Å². The van der Waals surface area contributed by atoms with E-state index in [1.165, 1.54) is 66.2 Å². The molecule has 0 aliphatic carbocycles. The topological polar surface area (TPSA) is 9.23 Å². The van der Waals surface area contributed by atoms with Gasteiger partial charge in [-0.2, -0.15) is 0 Å². The van der Waals surface area contributed by atoms with Crippen LogP contribution >= 0.6 is 0 Å². The predicted octanol–water partition coefficient (Wildman–Crippen LogP) is 2.42. The first-order chi connectivity index (χ1) is 11.7. The van der Waals surface area contributed by atoms with E-state index in [-0.39, 0.29) is 24.0 Å². The molecule has 0 radical (unpaired) electrons. The molecule has 2 nitrogen and oxygen atoms in total. The molecule has 1 aliphatic rings. The number of quaternary nitrogens is 1. The molecule has 138 valence electrons.